The first kappa shape index (κ1) is 21.9. The zero-order chi connectivity index (χ0) is 22.8. The lowest BCUT2D eigenvalue weighted by molar-refractivity contribution is 0.102. The summed E-state index contributed by atoms with van der Waals surface area (Å²) >= 11 is 0. The molecule has 1 fully saturated rings. The van der Waals surface area contributed by atoms with Crippen molar-refractivity contribution in [1.82, 2.24) is 14.1 Å². The number of aryl methyl sites for hydroxylation is 1. The molecule has 1 aliphatic heterocycles. The van der Waals surface area contributed by atoms with E-state index in [0.717, 1.165) is 61.9 Å². The Kier molecular flexibility index (Phi) is 6.03. The lowest BCUT2D eigenvalue weighted by Gasteiger charge is -2.20. The van der Waals surface area contributed by atoms with Gasteiger partial charge >= 0.3 is 0 Å². The number of anilines is 1. The second kappa shape index (κ2) is 9.11. The van der Waals surface area contributed by atoms with Crippen LogP contribution >= 0.6 is 0 Å². The fourth-order valence-corrected chi connectivity index (χ4v) is 6.25. The number of aromatic nitrogens is 2. The summed E-state index contributed by atoms with van der Waals surface area (Å²) in [6, 6.07) is 16.1. The standard InChI is InChI=1S/C25H28N4O3S/c30-25(19-10-8-13-21(18-19)33(31,32)28-16-6-1-2-7-17-28)26-24-22-14-9-15-23(22)27-29(24)20-11-4-3-5-12-20/h3-5,8,10-13,18H,1-2,6-7,9,14-17H2,(H,26,30). The summed E-state index contributed by atoms with van der Waals surface area (Å²) in [6.45, 7) is 1.06. The maximum absolute atomic E-state index is 13.2. The molecule has 2 aliphatic rings. The van der Waals surface area contributed by atoms with Crippen LogP contribution in [-0.4, -0.2) is 41.5 Å². The van der Waals surface area contributed by atoms with Gasteiger partial charge in [0.25, 0.3) is 5.91 Å². The molecule has 0 unspecified atom stereocenters. The maximum atomic E-state index is 13.2. The van der Waals surface area contributed by atoms with Crippen molar-refractivity contribution in [2.75, 3.05) is 18.4 Å². The third kappa shape index (κ3) is 4.32. The van der Waals surface area contributed by atoms with Gasteiger partial charge in [-0.2, -0.15) is 9.40 Å². The molecule has 5 rings (SSSR count). The van der Waals surface area contributed by atoms with Crippen LogP contribution in [0.2, 0.25) is 0 Å². The van der Waals surface area contributed by atoms with Gasteiger partial charge in [0.2, 0.25) is 10.0 Å². The average molecular weight is 465 g/mol. The second-order valence-electron chi connectivity index (χ2n) is 8.68. The Bertz CT molecular complexity index is 1260. The van der Waals surface area contributed by atoms with E-state index in [1.807, 2.05) is 30.3 Å². The number of fused-ring (bicyclic) bond motifs is 1. The van der Waals surface area contributed by atoms with Crippen LogP contribution in [0, 0.1) is 0 Å². The van der Waals surface area contributed by atoms with Crippen LogP contribution in [0.1, 0.15) is 53.7 Å². The van der Waals surface area contributed by atoms with E-state index in [2.05, 4.69) is 5.32 Å². The lowest BCUT2D eigenvalue weighted by atomic mass is 10.2. The molecular formula is C25H28N4O3S. The Morgan fingerprint density at radius 1 is 0.879 bits per heavy atom. The van der Waals surface area contributed by atoms with Gasteiger partial charge in [0, 0.05) is 24.2 Å². The Hall–Kier alpha value is -2.97. The summed E-state index contributed by atoms with van der Waals surface area (Å²) in [7, 11) is -3.63. The van der Waals surface area contributed by atoms with Gasteiger partial charge in [-0.15, -0.1) is 0 Å². The minimum atomic E-state index is -3.63. The first-order valence-electron chi connectivity index (χ1n) is 11.6. The molecule has 1 N–H and O–H groups in total. The fourth-order valence-electron chi connectivity index (χ4n) is 4.68. The van der Waals surface area contributed by atoms with E-state index >= 15 is 0 Å². The minimum absolute atomic E-state index is 0.166. The first-order chi connectivity index (χ1) is 16.0. The molecule has 0 spiro atoms. The molecule has 1 saturated heterocycles. The highest BCUT2D eigenvalue weighted by atomic mass is 32.2. The summed E-state index contributed by atoms with van der Waals surface area (Å²) in [5.41, 5.74) is 3.25. The molecule has 0 bridgehead atoms. The number of hydrogen-bond acceptors (Lipinski definition) is 4. The topological polar surface area (TPSA) is 84.3 Å². The molecule has 2 aromatic carbocycles. The number of amides is 1. The summed E-state index contributed by atoms with van der Waals surface area (Å²) in [5, 5.41) is 7.76. The summed E-state index contributed by atoms with van der Waals surface area (Å²) < 4.78 is 29.7. The number of carbonyl (C=O) groups is 1. The van der Waals surface area contributed by atoms with Crippen molar-refractivity contribution in [3.8, 4) is 5.69 Å². The number of hydrogen-bond donors (Lipinski definition) is 1. The van der Waals surface area contributed by atoms with Crippen molar-refractivity contribution in [3.05, 3.63) is 71.4 Å². The third-order valence-electron chi connectivity index (χ3n) is 6.44. The van der Waals surface area contributed by atoms with Crippen LogP contribution in [0.25, 0.3) is 5.69 Å². The first-order valence-corrected chi connectivity index (χ1v) is 13.1. The van der Waals surface area contributed by atoms with E-state index in [4.69, 9.17) is 5.10 Å². The molecule has 1 aliphatic carbocycles. The molecule has 0 atom stereocenters. The summed E-state index contributed by atoms with van der Waals surface area (Å²) in [4.78, 5) is 13.4. The minimum Gasteiger partial charge on any atom is -0.306 e. The molecule has 7 nitrogen and oxygen atoms in total. The highest BCUT2D eigenvalue weighted by Crippen LogP contribution is 2.31. The number of carbonyl (C=O) groups excluding carboxylic acids is 1. The molecule has 8 heteroatoms. The molecular weight excluding hydrogens is 436 g/mol. The summed E-state index contributed by atoms with van der Waals surface area (Å²) in [6.07, 6.45) is 6.60. The van der Waals surface area contributed by atoms with Crippen LogP contribution in [-0.2, 0) is 22.9 Å². The van der Waals surface area contributed by atoms with Crippen molar-refractivity contribution in [2.24, 2.45) is 0 Å². The quantitative estimate of drug-likeness (QED) is 0.614. The SMILES string of the molecule is O=C(Nc1c2c(nn1-c1ccccc1)CCC2)c1cccc(S(=O)(=O)N2CCCCCC2)c1. The van der Waals surface area contributed by atoms with Crippen molar-refractivity contribution >= 4 is 21.7 Å². The van der Waals surface area contributed by atoms with Gasteiger partial charge in [0.05, 0.1) is 16.3 Å². The normalized spacial score (nSPS) is 16.8. The van der Waals surface area contributed by atoms with E-state index in [9.17, 15) is 13.2 Å². The van der Waals surface area contributed by atoms with Gasteiger partial charge in [-0.05, 0) is 62.4 Å². The lowest BCUT2D eigenvalue weighted by Crippen LogP contribution is -2.32. The van der Waals surface area contributed by atoms with E-state index in [0.29, 0.717) is 24.5 Å². The van der Waals surface area contributed by atoms with E-state index in [1.165, 1.54) is 6.07 Å². The third-order valence-corrected chi connectivity index (χ3v) is 8.33. The molecule has 1 amide bonds. The Balaban J connectivity index is 1.44. The highest BCUT2D eigenvalue weighted by molar-refractivity contribution is 7.89. The Labute approximate surface area is 194 Å². The van der Waals surface area contributed by atoms with Crippen molar-refractivity contribution in [3.63, 3.8) is 0 Å². The number of nitrogens with one attached hydrogen (secondary N) is 1. The van der Waals surface area contributed by atoms with Crippen LogP contribution < -0.4 is 5.32 Å². The second-order valence-corrected chi connectivity index (χ2v) is 10.6. The van der Waals surface area contributed by atoms with Crippen molar-refractivity contribution in [1.29, 1.82) is 0 Å². The number of rotatable bonds is 5. The Morgan fingerprint density at radius 2 is 1.64 bits per heavy atom. The van der Waals surface area contributed by atoms with Crippen LogP contribution in [0.4, 0.5) is 5.82 Å². The molecule has 3 aromatic rings. The van der Waals surface area contributed by atoms with Crippen molar-refractivity contribution in [2.45, 2.75) is 49.8 Å². The van der Waals surface area contributed by atoms with Gasteiger partial charge in [-0.25, -0.2) is 13.1 Å². The van der Waals surface area contributed by atoms with Crippen LogP contribution in [0.3, 0.4) is 0 Å². The molecule has 1 aromatic heterocycles. The number of benzene rings is 2. The zero-order valence-electron chi connectivity index (χ0n) is 18.5. The molecule has 33 heavy (non-hydrogen) atoms. The van der Waals surface area contributed by atoms with E-state index in [-0.39, 0.29) is 10.8 Å². The molecule has 172 valence electrons. The highest BCUT2D eigenvalue weighted by Gasteiger charge is 2.27. The van der Waals surface area contributed by atoms with Gasteiger partial charge in [-0.3, -0.25) is 4.79 Å². The largest absolute Gasteiger partial charge is 0.306 e. The number of nitrogens with zero attached hydrogens (tertiary/aromatic N) is 3. The molecule has 0 radical (unpaired) electrons. The Morgan fingerprint density at radius 3 is 2.39 bits per heavy atom. The van der Waals surface area contributed by atoms with Gasteiger partial charge in [-0.1, -0.05) is 37.1 Å². The molecule has 2 heterocycles. The smallest absolute Gasteiger partial charge is 0.256 e. The number of sulfonamides is 1. The number of para-hydroxylation sites is 1. The van der Waals surface area contributed by atoms with Gasteiger partial charge in [0.15, 0.2) is 0 Å². The maximum Gasteiger partial charge on any atom is 0.256 e. The molecule has 0 saturated carbocycles. The average Bonchev–Trinajstić information content (AvgIpc) is 3.31. The van der Waals surface area contributed by atoms with Gasteiger partial charge < -0.3 is 5.32 Å². The van der Waals surface area contributed by atoms with Crippen LogP contribution in [0.5, 0.6) is 0 Å². The summed E-state index contributed by atoms with van der Waals surface area (Å²) in [5.74, 6) is 0.328. The zero-order valence-corrected chi connectivity index (χ0v) is 19.4. The fraction of sp³-hybridized carbons (Fsp3) is 0.360. The predicted octanol–water partition coefficient (Wildman–Crippen LogP) is 4.18. The van der Waals surface area contributed by atoms with Crippen LogP contribution in [0.15, 0.2) is 59.5 Å². The van der Waals surface area contributed by atoms with Gasteiger partial charge in [0.1, 0.15) is 5.82 Å². The van der Waals surface area contributed by atoms with E-state index < -0.39 is 10.0 Å². The monoisotopic (exact) mass is 464 g/mol. The van der Waals surface area contributed by atoms with Crippen molar-refractivity contribution < 1.29 is 13.2 Å². The predicted molar refractivity (Wildman–Crippen MR) is 127 cm³/mol. The van der Waals surface area contributed by atoms with E-state index in [1.54, 1.807) is 27.2 Å².